The molecule has 4 nitrogen and oxygen atoms in total. The molecule has 0 aliphatic carbocycles. The molecule has 2 N–H and O–H groups in total. The Morgan fingerprint density at radius 3 is 2.31 bits per heavy atom. The number of carbonyl (C=O) groups excluding carboxylic acids is 2. The maximum atomic E-state index is 12.3. The molecule has 1 heterocycles. The van der Waals surface area contributed by atoms with Gasteiger partial charge in [0.05, 0.1) is 5.56 Å². The Labute approximate surface area is 155 Å². The lowest BCUT2D eigenvalue weighted by molar-refractivity contribution is -0.112. The highest BCUT2D eigenvalue weighted by Crippen LogP contribution is 2.19. The van der Waals surface area contributed by atoms with Crippen molar-refractivity contribution in [1.29, 1.82) is 0 Å². The molecule has 0 saturated carbocycles. The minimum Gasteiger partial charge on any atom is -0.360 e. The van der Waals surface area contributed by atoms with Crippen molar-refractivity contribution in [3.63, 3.8) is 0 Å². The topological polar surface area (TPSA) is 62.0 Å². The van der Waals surface area contributed by atoms with E-state index < -0.39 is 11.7 Å². The maximum Gasteiger partial charge on any atom is 0.296 e. The normalized spacial score (nSPS) is 9.42. The number of aromatic amines is 1. The number of hydrogen-bond acceptors (Lipinski definition) is 2. The van der Waals surface area contributed by atoms with Crippen LogP contribution < -0.4 is 5.32 Å². The van der Waals surface area contributed by atoms with Crippen molar-refractivity contribution >= 4 is 28.3 Å². The molecule has 3 rings (SSSR count). The Bertz CT molecular complexity index is 850. The number of fused-ring (bicyclic) bond motifs is 1. The number of ketones is 1. The highest BCUT2D eigenvalue weighted by molar-refractivity contribution is 6.48. The Kier molecular flexibility index (Phi) is 8.85. The number of carbonyl (C=O) groups is 2. The molecule has 0 aliphatic heterocycles. The van der Waals surface area contributed by atoms with Crippen LogP contribution in [0.4, 0.5) is 5.69 Å². The smallest absolute Gasteiger partial charge is 0.296 e. The highest BCUT2D eigenvalue weighted by atomic mass is 16.2. The van der Waals surface area contributed by atoms with Crippen molar-refractivity contribution < 1.29 is 9.59 Å². The van der Waals surface area contributed by atoms with Crippen LogP contribution in [0, 0.1) is 6.92 Å². The van der Waals surface area contributed by atoms with Crippen molar-refractivity contribution in [2.75, 3.05) is 5.32 Å². The number of hydrogen-bond donors (Lipinski definition) is 2. The monoisotopic (exact) mass is 352 g/mol. The number of benzene rings is 2. The summed E-state index contributed by atoms with van der Waals surface area (Å²) in [6.07, 6.45) is 2.82. The minimum atomic E-state index is -0.634. The van der Waals surface area contributed by atoms with E-state index >= 15 is 0 Å². The number of H-pyrrole nitrogens is 1. The van der Waals surface area contributed by atoms with Crippen LogP contribution >= 0.6 is 0 Å². The fourth-order valence-electron chi connectivity index (χ4n) is 2.29. The molecule has 4 heteroatoms. The van der Waals surface area contributed by atoms with Gasteiger partial charge in [-0.2, -0.15) is 0 Å². The predicted octanol–water partition coefficient (Wildman–Crippen LogP) is 5.74. The first-order valence-electron chi connectivity index (χ1n) is 9.05. The van der Waals surface area contributed by atoms with E-state index in [0.29, 0.717) is 11.3 Å². The average Bonchev–Trinajstić information content (AvgIpc) is 3.07. The summed E-state index contributed by atoms with van der Waals surface area (Å²) < 4.78 is 0. The average molecular weight is 352 g/mol. The SMILES string of the molecule is CC.CCC.Cc1cccc(NC(=O)C(=O)c2c[nH]c3ccccc23)c1. The first-order chi connectivity index (χ1) is 12.6. The molecule has 0 fully saturated rings. The first-order valence-corrected chi connectivity index (χ1v) is 9.05. The van der Waals surface area contributed by atoms with Crippen LogP contribution in [0.25, 0.3) is 10.9 Å². The second-order valence-corrected chi connectivity index (χ2v) is 5.61. The number of rotatable bonds is 3. The summed E-state index contributed by atoms with van der Waals surface area (Å²) in [5.41, 5.74) is 2.86. The number of para-hydroxylation sites is 1. The van der Waals surface area contributed by atoms with Crippen molar-refractivity contribution in [3.8, 4) is 0 Å². The largest absolute Gasteiger partial charge is 0.360 e. The summed E-state index contributed by atoms with van der Waals surface area (Å²) >= 11 is 0. The minimum absolute atomic E-state index is 0.385. The van der Waals surface area contributed by atoms with Crippen LogP contribution in [0.15, 0.2) is 54.7 Å². The van der Waals surface area contributed by atoms with Gasteiger partial charge in [0.2, 0.25) is 0 Å². The van der Waals surface area contributed by atoms with Gasteiger partial charge in [-0.05, 0) is 30.7 Å². The number of aryl methyl sites for hydroxylation is 1. The molecule has 0 spiro atoms. The lowest BCUT2D eigenvalue weighted by Crippen LogP contribution is -2.22. The maximum absolute atomic E-state index is 12.3. The third-order valence-corrected chi connectivity index (χ3v) is 3.32. The molecule has 0 atom stereocenters. The van der Waals surface area contributed by atoms with Gasteiger partial charge in [-0.15, -0.1) is 0 Å². The molecule has 1 aromatic heterocycles. The summed E-state index contributed by atoms with van der Waals surface area (Å²) in [6, 6.07) is 14.7. The van der Waals surface area contributed by atoms with Crippen molar-refractivity contribution in [1.82, 2.24) is 4.98 Å². The second kappa shape index (κ2) is 10.9. The molecule has 138 valence electrons. The van der Waals surface area contributed by atoms with Gasteiger partial charge in [-0.25, -0.2) is 0 Å². The predicted molar refractivity (Wildman–Crippen MR) is 110 cm³/mol. The molecule has 0 unspecified atom stereocenters. The van der Waals surface area contributed by atoms with Gasteiger partial charge >= 0.3 is 0 Å². The van der Waals surface area contributed by atoms with Crippen molar-refractivity contribution in [3.05, 3.63) is 65.9 Å². The Morgan fingerprint density at radius 1 is 1.00 bits per heavy atom. The molecule has 1 amide bonds. The van der Waals surface area contributed by atoms with Crippen molar-refractivity contribution in [2.45, 2.75) is 41.0 Å². The van der Waals surface area contributed by atoms with Gasteiger partial charge < -0.3 is 10.3 Å². The molecule has 26 heavy (non-hydrogen) atoms. The molecule has 0 saturated heterocycles. The van der Waals surface area contributed by atoms with E-state index in [1.807, 2.05) is 63.2 Å². The Hall–Kier alpha value is -2.88. The van der Waals surface area contributed by atoms with E-state index in [4.69, 9.17) is 0 Å². The van der Waals surface area contributed by atoms with Crippen LogP contribution in [-0.4, -0.2) is 16.7 Å². The fourth-order valence-corrected chi connectivity index (χ4v) is 2.29. The Balaban J connectivity index is 0.000000615. The number of Topliss-reactive ketones (excluding diaryl/α,β-unsaturated/α-hetero) is 1. The summed E-state index contributed by atoms with van der Waals surface area (Å²) in [7, 11) is 0. The zero-order valence-corrected chi connectivity index (χ0v) is 16.2. The zero-order valence-electron chi connectivity index (χ0n) is 16.2. The third-order valence-electron chi connectivity index (χ3n) is 3.32. The van der Waals surface area contributed by atoms with E-state index in [-0.39, 0.29) is 0 Å². The Morgan fingerprint density at radius 2 is 1.65 bits per heavy atom. The van der Waals surface area contributed by atoms with E-state index in [1.54, 1.807) is 12.3 Å². The standard InChI is InChI=1S/C17H14N2O2.C3H8.C2H6/c1-11-5-4-6-12(9-11)19-17(21)16(20)14-10-18-15-8-3-2-7-13(14)15;1-3-2;1-2/h2-10,18H,1H3,(H,19,21);3H2,1-2H3;1-2H3. The lowest BCUT2D eigenvalue weighted by atomic mass is 10.1. The molecule has 2 aromatic carbocycles. The molecule has 0 aliphatic rings. The number of nitrogens with one attached hydrogen (secondary N) is 2. The van der Waals surface area contributed by atoms with Gasteiger partial charge in [-0.3, -0.25) is 9.59 Å². The fraction of sp³-hybridized carbons (Fsp3) is 0.273. The summed E-state index contributed by atoms with van der Waals surface area (Å²) in [5.74, 6) is -1.18. The molecular weight excluding hydrogens is 324 g/mol. The molecule has 3 aromatic rings. The van der Waals surface area contributed by atoms with Crippen LogP contribution in [0.3, 0.4) is 0 Å². The van der Waals surface area contributed by atoms with Gasteiger partial charge in [0, 0.05) is 22.8 Å². The van der Waals surface area contributed by atoms with E-state index in [0.717, 1.165) is 16.5 Å². The number of anilines is 1. The van der Waals surface area contributed by atoms with Gasteiger partial charge in [0.25, 0.3) is 11.7 Å². The zero-order chi connectivity index (χ0) is 19.5. The molecule has 0 radical (unpaired) electrons. The van der Waals surface area contributed by atoms with Crippen molar-refractivity contribution in [2.24, 2.45) is 0 Å². The summed E-state index contributed by atoms with van der Waals surface area (Å²) in [6.45, 7) is 10.2. The van der Waals surface area contributed by atoms with Gasteiger partial charge in [0.1, 0.15) is 0 Å². The third kappa shape index (κ3) is 5.59. The van der Waals surface area contributed by atoms with Crippen LogP contribution in [-0.2, 0) is 4.79 Å². The highest BCUT2D eigenvalue weighted by Gasteiger charge is 2.19. The molecule has 0 bridgehead atoms. The van der Waals surface area contributed by atoms with E-state index in [1.165, 1.54) is 6.42 Å². The second-order valence-electron chi connectivity index (χ2n) is 5.61. The summed E-state index contributed by atoms with van der Waals surface area (Å²) in [5, 5.41) is 3.38. The molecular formula is C22H28N2O2. The first kappa shape index (κ1) is 21.2. The van der Waals surface area contributed by atoms with Crippen LogP contribution in [0.1, 0.15) is 50.0 Å². The van der Waals surface area contributed by atoms with Crippen LogP contribution in [0.5, 0.6) is 0 Å². The van der Waals surface area contributed by atoms with Gasteiger partial charge in [0.15, 0.2) is 0 Å². The van der Waals surface area contributed by atoms with E-state index in [2.05, 4.69) is 24.1 Å². The number of amides is 1. The lowest BCUT2D eigenvalue weighted by Gasteiger charge is -2.04. The van der Waals surface area contributed by atoms with Gasteiger partial charge in [-0.1, -0.05) is 64.4 Å². The quantitative estimate of drug-likeness (QED) is 0.466. The van der Waals surface area contributed by atoms with Crippen LogP contribution in [0.2, 0.25) is 0 Å². The number of aromatic nitrogens is 1. The van der Waals surface area contributed by atoms with E-state index in [9.17, 15) is 9.59 Å². The summed E-state index contributed by atoms with van der Waals surface area (Å²) in [4.78, 5) is 27.4.